The quantitative estimate of drug-likeness (QED) is 0.840. The van der Waals surface area contributed by atoms with Gasteiger partial charge in [-0.15, -0.1) is 0 Å². The summed E-state index contributed by atoms with van der Waals surface area (Å²) < 4.78 is 0. The first-order chi connectivity index (χ1) is 8.70. The monoisotopic (exact) mass is 247 g/mol. The van der Waals surface area contributed by atoms with E-state index in [2.05, 4.69) is 17.2 Å². The number of aromatic nitrogens is 1. The summed E-state index contributed by atoms with van der Waals surface area (Å²) in [5.74, 6) is 0.00132. The lowest BCUT2D eigenvalue weighted by atomic mass is 10.2. The highest BCUT2D eigenvalue weighted by Crippen LogP contribution is 2.24. The van der Waals surface area contributed by atoms with Crippen molar-refractivity contribution in [3.63, 3.8) is 0 Å². The Labute approximate surface area is 108 Å². The Bertz CT molecular complexity index is 398. The number of carbonyl (C=O) groups is 1. The Morgan fingerprint density at radius 3 is 2.83 bits per heavy atom. The first-order valence-electron chi connectivity index (χ1n) is 6.68. The molecule has 18 heavy (non-hydrogen) atoms. The van der Waals surface area contributed by atoms with Gasteiger partial charge < -0.3 is 10.2 Å². The summed E-state index contributed by atoms with van der Waals surface area (Å²) in [6.45, 7) is 2.91. The molecule has 1 fully saturated rings. The van der Waals surface area contributed by atoms with Gasteiger partial charge in [-0.3, -0.25) is 4.79 Å². The van der Waals surface area contributed by atoms with Crippen LogP contribution < -0.4 is 5.32 Å². The van der Waals surface area contributed by atoms with Gasteiger partial charge >= 0.3 is 0 Å². The van der Waals surface area contributed by atoms with E-state index in [0.29, 0.717) is 11.7 Å². The number of hydrogen-bond donors (Lipinski definition) is 1. The zero-order valence-electron chi connectivity index (χ0n) is 11.1. The second kappa shape index (κ2) is 5.85. The zero-order valence-corrected chi connectivity index (χ0v) is 11.1. The van der Waals surface area contributed by atoms with Crippen molar-refractivity contribution >= 4 is 11.6 Å². The lowest BCUT2D eigenvalue weighted by Gasteiger charge is -2.16. The van der Waals surface area contributed by atoms with Crippen LogP contribution in [0.3, 0.4) is 0 Å². The highest BCUT2D eigenvalue weighted by molar-refractivity contribution is 5.92. The summed E-state index contributed by atoms with van der Waals surface area (Å²) in [7, 11) is 1.83. The van der Waals surface area contributed by atoms with Gasteiger partial charge in [-0.1, -0.05) is 13.3 Å². The summed E-state index contributed by atoms with van der Waals surface area (Å²) in [5.41, 5.74) is 1.53. The van der Waals surface area contributed by atoms with Crippen LogP contribution >= 0.6 is 0 Å². The summed E-state index contributed by atoms with van der Waals surface area (Å²) in [6, 6.07) is 4.35. The topological polar surface area (TPSA) is 45.2 Å². The molecule has 1 N–H and O–H groups in total. The molecule has 98 valence electrons. The van der Waals surface area contributed by atoms with Gasteiger partial charge in [0, 0.05) is 19.6 Å². The number of rotatable bonds is 6. The van der Waals surface area contributed by atoms with Crippen molar-refractivity contribution in [1.82, 2.24) is 9.88 Å². The molecule has 0 aliphatic heterocycles. The van der Waals surface area contributed by atoms with Gasteiger partial charge in [-0.25, -0.2) is 4.98 Å². The Kier molecular flexibility index (Phi) is 4.18. The van der Waals surface area contributed by atoms with E-state index in [-0.39, 0.29) is 5.91 Å². The van der Waals surface area contributed by atoms with Gasteiger partial charge in [0.15, 0.2) is 0 Å². The van der Waals surface area contributed by atoms with Crippen LogP contribution in [0.25, 0.3) is 0 Å². The van der Waals surface area contributed by atoms with Crippen LogP contribution in [0.4, 0.5) is 5.69 Å². The first kappa shape index (κ1) is 12.9. The van der Waals surface area contributed by atoms with Crippen molar-refractivity contribution in [2.24, 2.45) is 0 Å². The normalized spacial score (nSPS) is 14.3. The van der Waals surface area contributed by atoms with E-state index in [1.165, 1.54) is 12.8 Å². The van der Waals surface area contributed by atoms with Gasteiger partial charge in [0.05, 0.1) is 11.9 Å². The fourth-order valence-corrected chi connectivity index (χ4v) is 1.76. The lowest BCUT2D eigenvalue weighted by Crippen LogP contribution is -2.28. The molecule has 0 aromatic carbocycles. The molecule has 1 heterocycles. The number of anilines is 1. The molecule has 4 nitrogen and oxygen atoms in total. The van der Waals surface area contributed by atoms with E-state index in [1.54, 1.807) is 17.2 Å². The van der Waals surface area contributed by atoms with Crippen LogP contribution in [0.5, 0.6) is 0 Å². The maximum Gasteiger partial charge on any atom is 0.272 e. The number of nitrogens with one attached hydrogen (secondary N) is 1. The zero-order chi connectivity index (χ0) is 13.0. The average Bonchev–Trinajstić information content (AvgIpc) is 3.20. The van der Waals surface area contributed by atoms with E-state index >= 15 is 0 Å². The predicted molar refractivity (Wildman–Crippen MR) is 72.8 cm³/mol. The Morgan fingerprint density at radius 2 is 2.28 bits per heavy atom. The van der Waals surface area contributed by atoms with Crippen LogP contribution in [0.15, 0.2) is 18.3 Å². The molecule has 1 amide bonds. The number of pyridine rings is 1. The van der Waals surface area contributed by atoms with Gasteiger partial charge in [-0.2, -0.15) is 0 Å². The van der Waals surface area contributed by atoms with E-state index in [4.69, 9.17) is 0 Å². The summed E-state index contributed by atoms with van der Waals surface area (Å²) in [4.78, 5) is 18.0. The number of nitrogens with zero attached hydrogens (tertiary/aromatic N) is 2. The van der Waals surface area contributed by atoms with Crippen molar-refractivity contribution < 1.29 is 4.79 Å². The highest BCUT2D eigenvalue weighted by Gasteiger charge is 2.21. The second-order valence-corrected chi connectivity index (χ2v) is 4.93. The molecule has 0 radical (unpaired) electrons. The van der Waals surface area contributed by atoms with Crippen molar-refractivity contribution in [2.45, 2.75) is 38.6 Å². The van der Waals surface area contributed by atoms with E-state index in [1.807, 2.05) is 13.1 Å². The third-order valence-electron chi connectivity index (χ3n) is 3.12. The van der Waals surface area contributed by atoms with Crippen molar-refractivity contribution in [1.29, 1.82) is 0 Å². The van der Waals surface area contributed by atoms with Gasteiger partial charge in [0.2, 0.25) is 0 Å². The molecule has 4 heteroatoms. The molecule has 1 aliphatic rings. The maximum atomic E-state index is 12.0. The van der Waals surface area contributed by atoms with E-state index < -0.39 is 0 Å². The second-order valence-electron chi connectivity index (χ2n) is 4.93. The minimum Gasteiger partial charge on any atom is -0.381 e. The summed E-state index contributed by atoms with van der Waals surface area (Å²) in [6.07, 6.45) is 6.35. The molecule has 1 aliphatic carbocycles. The number of carbonyl (C=O) groups excluding carboxylic acids is 1. The third-order valence-corrected chi connectivity index (χ3v) is 3.12. The number of hydrogen-bond acceptors (Lipinski definition) is 3. The molecule has 0 saturated heterocycles. The van der Waals surface area contributed by atoms with Crippen LogP contribution in [-0.4, -0.2) is 35.4 Å². The van der Waals surface area contributed by atoms with Crippen molar-refractivity contribution in [3.8, 4) is 0 Å². The Hall–Kier alpha value is -1.58. The highest BCUT2D eigenvalue weighted by atomic mass is 16.2. The van der Waals surface area contributed by atoms with E-state index in [9.17, 15) is 4.79 Å². The molecular weight excluding hydrogens is 226 g/mol. The smallest absolute Gasteiger partial charge is 0.272 e. The average molecular weight is 247 g/mol. The first-order valence-corrected chi connectivity index (χ1v) is 6.68. The minimum absolute atomic E-state index is 0.00132. The van der Waals surface area contributed by atoms with Gasteiger partial charge in [0.1, 0.15) is 5.69 Å². The van der Waals surface area contributed by atoms with E-state index in [0.717, 1.165) is 25.1 Å². The lowest BCUT2D eigenvalue weighted by molar-refractivity contribution is 0.0787. The van der Waals surface area contributed by atoms with Crippen LogP contribution in [-0.2, 0) is 0 Å². The Morgan fingerprint density at radius 1 is 1.50 bits per heavy atom. The van der Waals surface area contributed by atoms with Gasteiger partial charge in [-0.05, 0) is 31.4 Å². The summed E-state index contributed by atoms with van der Waals surface area (Å²) >= 11 is 0. The Balaban J connectivity index is 1.92. The van der Waals surface area contributed by atoms with Crippen LogP contribution in [0, 0.1) is 0 Å². The largest absolute Gasteiger partial charge is 0.381 e. The molecule has 0 unspecified atom stereocenters. The predicted octanol–water partition coefficient (Wildman–Crippen LogP) is 2.53. The maximum absolute atomic E-state index is 12.0. The fourth-order valence-electron chi connectivity index (χ4n) is 1.76. The molecule has 0 atom stereocenters. The van der Waals surface area contributed by atoms with Gasteiger partial charge in [0.25, 0.3) is 5.91 Å². The third kappa shape index (κ3) is 3.45. The molecule has 2 rings (SSSR count). The summed E-state index contributed by atoms with van der Waals surface area (Å²) in [5, 5.41) is 3.36. The van der Waals surface area contributed by atoms with Crippen LogP contribution in [0.1, 0.15) is 43.1 Å². The minimum atomic E-state index is 0.00132. The number of amides is 1. The molecule has 0 spiro atoms. The molecule has 1 saturated carbocycles. The number of unbranched alkanes of at least 4 members (excludes halogenated alkanes) is 1. The SMILES string of the molecule is CCCCN(C)C(=O)c1ccc(NC2CC2)cn1. The molecule has 1 aromatic heterocycles. The standard InChI is InChI=1S/C14H21N3O/c1-3-4-9-17(2)14(18)13-8-7-12(10-15-13)16-11-5-6-11/h7-8,10-11,16H,3-6,9H2,1-2H3. The van der Waals surface area contributed by atoms with Crippen molar-refractivity contribution in [3.05, 3.63) is 24.0 Å². The molecule has 0 bridgehead atoms. The van der Waals surface area contributed by atoms with Crippen molar-refractivity contribution in [2.75, 3.05) is 18.9 Å². The molecule has 1 aromatic rings. The fraction of sp³-hybridized carbons (Fsp3) is 0.571. The van der Waals surface area contributed by atoms with Crippen LogP contribution in [0.2, 0.25) is 0 Å². The molecular formula is C14H21N3O.